The highest BCUT2D eigenvalue weighted by Crippen LogP contribution is 2.29. The van der Waals surface area contributed by atoms with Crippen LogP contribution in [0.5, 0.6) is 0 Å². The third-order valence-electron chi connectivity index (χ3n) is 8.32. The van der Waals surface area contributed by atoms with E-state index >= 15 is 0 Å². The zero-order valence-electron chi connectivity index (χ0n) is 32.9. The second-order valence-corrected chi connectivity index (χ2v) is 15.8. The monoisotopic (exact) mass is 669 g/mol. The van der Waals surface area contributed by atoms with Gasteiger partial charge in [-0.3, -0.25) is 0 Å². The van der Waals surface area contributed by atoms with Crippen molar-refractivity contribution in [2.75, 3.05) is 0 Å². The van der Waals surface area contributed by atoms with Crippen LogP contribution < -0.4 is 0 Å². The Morgan fingerprint density at radius 1 is 0.380 bits per heavy atom. The first-order valence-electron chi connectivity index (χ1n) is 18.2. The van der Waals surface area contributed by atoms with Gasteiger partial charge in [0.15, 0.2) is 0 Å². The van der Waals surface area contributed by atoms with E-state index in [2.05, 4.69) is 222 Å². The summed E-state index contributed by atoms with van der Waals surface area (Å²) in [6.07, 6.45) is 0. The first-order valence-corrected chi connectivity index (χ1v) is 18.2. The van der Waals surface area contributed by atoms with Crippen LogP contribution in [0.1, 0.15) is 126 Å². The molecule has 0 radical (unpaired) electrons. The Hall–Kier alpha value is -4.16. The summed E-state index contributed by atoms with van der Waals surface area (Å²) in [4.78, 5) is 0. The maximum Gasteiger partial charge on any atom is -0.0126 e. The standard InChI is InChI=1S/C14H16.C13H14.2C10H14.C2H6.CH4/c1-14(2,3)13-10-6-8-11-7-4-5-9-12(11)13;1-10(2)12-8-7-11-5-3-4-6-13(11)9-12;2*1-10(2,3)9-7-5-4-6-8-9;1-2;/h4-10H,1-3H3;3-10H,1-2H3;2*4-8H,1-3H3;1-2H3;1H4. The average molecular weight is 669 g/mol. The number of benzene rings is 6. The van der Waals surface area contributed by atoms with Crippen LogP contribution in [0.15, 0.2) is 146 Å². The van der Waals surface area contributed by atoms with Crippen molar-refractivity contribution in [3.8, 4) is 0 Å². The van der Waals surface area contributed by atoms with Gasteiger partial charge in [-0.1, -0.05) is 243 Å². The average Bonchev–Trinajstić information content (AvgIpc) is 3.09. The quantitative estimate of drug-likeness (QED) is 0.164. The van der Waals surface area contributed by atoms with Crippen LogP contribution >= 0.6 is 0 Å². The Bertz CT molecular complexity index is 1720. The molecule has 6 rings (SSSR count). The fraction of sp³-hybridized carbons (Fsp3) is 0.360. The Balaban J connectivity index is 0.000000329. The van der Waals surface area contributed by atoms with Crippen LogP contribution in [0.25, 0.3) is 21.5 Å². The molecule has 0 aliphatic carbocycles. The zero-order valence-corrected chi connectivity index (χ0v) is 32.9. The summed E-state index contributed by atoms with van der Waals surface area (Å²) >= 11 is 0. The maximum atomic E-state index is 2.28. The summed E-state index contributed by atoms with van der Waals surface area (Å²) in [5.41, 5.74) is 6.45. The predicted octanol–water partition coefficient (Wildman–Crippen LogP) is 15.7. The van der Waals surface area contributed by atoms with Crippen molar-refractivity contribution in [1.82, 2.24) is 0 Å². The number of fused-ring (bicyclic) bond motifs is 2. The van der Waals surface area contributed by atoms with E-state index in [1.807, 2.05) is 13.8 Å². The van der Waals surface area contributed by atoms with Gasteiger partial charge < -0.3 is 0 Å². The summed E-state index contributed by atoms with van der Waals surface area (Å²) in [6.45, 7) is 28.6. The first kappa shape index (κ1) is 43.9. The van der Waals surface area contributed by atoms with Crippen LogP contribution in [0.2, 0.25) is 0 Å². The van der Waals surface area contributed by atoms with Crippen molar-refractivity contribution in [2.45, 2.75) is 120 Å². The van der Waals surface area contributed by atoms with Crippen molar-refractivity contribution in [3.05, 3.63) is 168 Å². The van der Waals surface area contributed by atoms with Gasteiger partial charge >= 0.3 is 0 Å². The molecule has 0 heteroatoms. The number of rotatable bonds is 1. The summed E-state index contributed by atoms with van der Waals surface area (Å²) in [5.74, 6) is 0.615. The maximum absolute atomic E-state index is 2.28. The largest absolute Gasteiger partial charge is 0.0776 e. The molecule has 0 unspecified atom stereocenters. The van der Waals surface area contributed by atoms with E-state index in [1.165, 1.54) is 43.8 Å². The highest BCUT2D eigenvalue weighted by atomic mass is 14.2. The van der Waals surface area contributed by atoms with Crippen LogP contribution in [0.3, 0.4) is 0 Å². The Labute approximate surface area is 308 Å². The van der Waals surface area contributed by atoms with Gasteiger partial charge in [-0.15, -0.1) is 0 Å². The van der Waals surface area contributed by atoms with Crippen molar-refractivity contribution < 1.29 is 0 Å². The summed E-state index contributed by atoms with van der Waals surface area (Å²) in [7, 11) is 0. The van der Waals surface area contributed by atoms with Crippen LogP contribution in [0, 0.1) is 0 Å². The third-order valence-corrected chi connectivity index (χ3v) is 8.32. The van der Waals surface area contributed by atoms with Gasteiger partial charge in [0.05, 0.1) is 0 Å². The van der Waals surface area contributed by atoms with E-state index < -0.39 is 0 Å². The van der Waals surface area contributed by atoms with Gasteiger partial charge in [-0.2, -0.15) is 0 Å². The predicted molar refractivity (Wildman–Crippen MR) is 229 cm³/mol. The highest BCUT2D eigenvalue weighted by Gasteiger charge is 2.16. The molecule has 0 aliphatic rings. The van der Waals surface area contributed by atoms with Crippen molar-refractivity contribution >= 4 is 21.5 Å². The molecule has 0 N–H and O–H groups in total. The molecule has 268 valence electrons. The minimum atomic E-state index is 0. The van der Waals surface area contributed by atoms with E-state index in [0.29, 0.717) is 16.7 Å². The van der Waals surface area contributed by atoms with Crippen molar-refractivity contribution in [2.24, 2.45) is 0 Å². The van der Waals surface area contributed by atoms with E-state index in [-0.39, 0.29) is 12.8 Å². The Morgan fingerprint density at radius 3 is 1.20 bits per heavy atom. The topological polar surface area (TPSA) is 0 Å². The molecule has 0 saturated carbocycles. The van der Waals surface area contributed by atoms with Gasteiger partial charge in [0.2, 0.25) is 0 Å². The van der Waals surface area contributed by atoms with Gasteiger partial charge in [0, 0.05) is 0 Å². The molecular weight excluding hydrogens is 601 g/mol. The zero-order chi connectivity index (χ0) is 36.7. The molecular formula is C50H68. The summed E-state index contributed by atoms with van der Waals surface area (Å²) in [6, 6.07) is 51.4. The number of hydrogen-bond acceptors (Lipinski definition) is 0. The van der Waals surface area contributed by atoms with E-state index in [1.54, 1.807) is 0 Å². The molecule has 0 bridgehead atoms. The van der Waals surface area contributed by atoms with E-state index in [4.69, 9.17) is 0 Å². The smallest absolute Gasteiger partial charge is 0.0126 e. The molecule has 0 amide bonds. The molecule has 0 aliphatic heterocycles. The van der Waals surface area contributed by atoms with Crippen LogP contribution in [-0.4, -0.2) is 0 Å². The van der Waals surface area contributed by atoms with Crippen molar-refractivity contribution in [3.63, 3.8) is 0 Å². The molecule has 0 fully saturated rings. The molecule has 50 heavy (non-hydrogen) atoms. The summed E-state index contributed by atoms with van der Waals surface area (Å²) in [5, 5.41) is 5.38. The van der Waals surface area contributed by atoms with Gasteiger partial charge in [-0.25, -0.2) is 0 Å². The highest BCUT2D eigenvalue weighted by molar-refractivity contribution is 5.86. The molecule has 0 heterocycles. The molecule has 0 spiro atoms. The molecule has 6 aromatic carbocycles. The Kier molecular flexibility index (Phi) is 18.0. The molecule has 0 aromatic heterocycles. The lowest BCUT2D eigenvalue weighted by molar-refractivity contribution is 0.590. The van der Waals surface area contributed by atoms with E-state index in [0.717, 1.165) is 0 Å². The molecule has 0 nitrogen and oxygen atoms in total. The summed E-state index contributed by atoms with van der Waals surface area (Å²) < 4.78 is 0. The van der Waals surface area contributed by atoms with Gasteiger partial charge in [0.25, 0.3) is 0 Å². The van der Waals surface area contributed by atoms with Gasteiger partial charge in [0.1, 0.15) is 0 Å². The lowest BCUT2D eigenvalue weighted by Gasteiger charge is -2.21. The molecule has 6 aromatic rings. The van der Waals surface area contributed by atoms with Crippen molar-refractivity contribution in [1.29, 1.82) is 0 Å². The lowest BCUT2D eigenvalue weighted by Crippen LogP contribution is -2.11. The fourth-order valence-electron chi connectivity index (χ4n) is 5.32. The molecule has 0 atom stereocenters. The number of hydrogen-bond donors (Lipinski definition) is 0. The minimum absolute atomic E-state index is 0. The van der Waals surface area contributed by atoms with Crippen LogP contribution in [0.4, 0.5) is 0 Å². The SMILES string of the molecule is C.CC.CC(C)(C)c1cccc2ccccc12.CC(C)(C)c1ccccc1.CC(C)(C)c1ccccc1.CC(C)c1ccc2ccccc2c1. The van der Waals surface area contributed by atoms with Crippen LogP contribution in [-0.2, 0) is 16.2 Å². The lowest BCUT2D eigenvalue weighted by atomic mass is 9.84. The Morgan fingerprint density at radius 2 is 0.780 bits per heavy atom. The second kappa shape index (κ2) is 20.5. The first-order chi connectivity index (χ1) is 23.1. The third kappa shape index (κ3) is 14.4. The molecule has 0 saturated heterocycles. The second-order valence-electron chi connectivity index (χ2n) is 15.8. The fourth-order valence-corrected chi connectivity index (χ4v) is 5.32. The minimum Gasteiger partial charge on any atom is -0.0776 e. The van der Waals surface area contributed by atoms with Gasteiger partial charge in [-0.05, 0) is 66.0 Å². The van der Waals surface area contributed by atoms with E-state index in [9.17, 15) is 0 Å². The normalized spacial score (nSPS) is 10.9.